The molecule has 3 rings (SSSR count). The molecule has 0 amide bonds. The molecule has 0 unspecified atom stereocenters. The normalized spacial score (nSPS) is 11.2. The second kappa shape index (κ2) is 5.51. The van der Waals surface area contributed by atoms with Crippen LogP contribution in [-0.2, 0) is 13.1 Å². The molecule has 3 aromatic rings. The van der Waals surface area contributed by atoms with Crippen LogP contribution in [0.2, 0.25) is 5.02 Å². The second-order valence-corrected chi connectivity index (χ2v) is 5.60. The van der Waals surface area contributed by atoms with E-state index in [1.807, 2.05) is 18.2 Å². The first-order valence-corrected chi connectivity index (χ1v) is 7.47. The molecule has 0 saturated heterocycles. The van der Waals surface area contributed by atoms with Crippen molar-refractivity contribution in [1.29, 1.82) is 0 Å². The Morgan fingerprint density at radius 2 is 2.00 bits per heavy atom. The highest BCUT2D eigenvalue weighted by Gasteiger charge is 2.14. The van der Waals surface area contributed by atoms with Gasteiger partial charge in [0.2, 0.25) is 0 Å². The van der Waals surface area contributed by atoms with Gasteiger partial charge in [-0.1, -0.05) is 23.7 Å². The number of aromatic nitrogens is 2. The maximum absolute atomic E-state index is 6.16. The van der Waals surface area contributed by atoms with Crippen molar-refractivity contribution in [2.45, 2.75) is 26.9 Å². The molecule has 1 heterocycles. The lowest BCUT2D eigenvalue weighted by atomic mass is 10.1. The Balaban J connectivity index is 2.29. The molecule has 2 aromatic carbocycles. The van der Waals surface area contributed by atoms with Crippen molar-refractivity contribution in [3.63, 3.8) is 0 Å². The van der Waals surface area contributed by atoms with Gasteiger partial charge in [-0.05, 0) is 49.2 Å². The van der Waals surface area contributed by atoms with Gasteiger partial charge in [0, 0.05) is 23.7 Å². The summed E-state index contributed by atoms with van der Waals surface area (Å²) < 4.78 is 2.22. The van der Waals surface area contributed by atoms with Gasteiger partial charge in [0.25, 0.3) is 0 Å². The van der Waals surface area contributed by atoms with Crippen molar-refractivity contribution in [3.8, 4) is 11.4 Å². The van der Waals surface area contributed by atoms with Crippen LogP contribution in [0.1, 0.15) is 18.1 Å². The predicted molar refractivity (Wildman–Crippen MR) is 88.5 cm³/mol. The van der Waals surface area contributed by atoms with Gasteiger partial charge < -0.3 is 10.3 Å². The third-order valence-electron chi connectivity index (χ3n) is 3.81. The number of imidazole rings is 1. The molecule has 21 heavy (non-hydrogen) atoms. The molecule has 0 aliphatic heterocycles. The summed E-state index contributed by atoms with van der Waals surface area (Å²) in [5.74, 6) is 0.960. The Kier molecular flexibility index (Phi) is 3.70. The van der Waals surface area contributed by atoms with E-state index in [-0.39, 0.29) is 0 Å². The van der Waals surface area contributed by atoms with Crippen LogP contribution in [0.4, 0.5) is 0 Å². The van der Waals surface area contributed by atoms with Crippen molar-refractivity contribution in [2.75, 3.05) is 0 Å². The number of rotatable bonds is 3. The van der Waals surface area contributed by atoms with E-state index in [4.69, 9.17) is 22.3 Å². The van der Waals surface area contributed by atoms with E-state index in [1.165, 1.54) is 5.56 Å². The Bertz CT molecular complexity index is 805. The highest BCUT2D eigenvalue weighted by molar-refractivity contribution is 6.30. The van der Waals surface area contributed by atoms with Gasteiger partial charge in [-0.15, -0.1) is 0 Å². The third kappa shape index (κ3) is 2.43. The first-order valence-electron chi connectivity index (χ1n) is 7.09. The predicted octanol–water partition coefficient (Wildman–Crippen LogP) is 4.14. The fourth-order valence-electron chi connectivity index (χ4n) is 2.66. The summed E-state index contributed by atoms with van der Waals surface area (Å²) in [5, 5.41) is 0.730. The zero-order valence-corrected chi connectivity index (χ0v) is 13.0. The first kappa shape index (κ1) is 14.1. The molecular formula is C17H18ClN3. The topological polar surface area (TPSA) is 43.8 Å². The molecule has 0 aliphatic rings. The van der Waals surface area contributed by atoms with E-state index in [0.29, 0.717) is 6.54 Å². The number of benzene rings is 2. The van der Waals surface area contributed by atoms with Gasteiger partial charge >= 0.3 is 0 Å². The average molecular weight is 300 g/mol. The largest absolute Gasteiger partial charge is 0.326 e. The molecule has 0 atom stereocenters. The molecule has 0 bridgehead atoms. The maximum atomic E-state index is 6.16. The van der Waals surface area contributed by atoms with Crippen molar-refractivity contribution >= 4 is 22.6 Å². The smallest absolute Gasteiger partial charge is 0.141 e. The number of fused-ring (bicyclic) bond motifs is 1. The lowest BCUT2D eigenvalue weighted by Crippen LogP contribution is -1.99. The van der Waals surface area contributed by atoms with Crippen LogP contribution in [0.5, 0.6) is 0 Å². The summed E-state index contributed by atoms with van der Waals surface area (Å²) >= 11 is 6.16. The molecule has 108 valence electrons. The molecule has 0 aliphatic carbocycles. The van der Waals surface area contributed by atoms with Crippen LogP contribution in [0.3, 0.4) is 0 Å². The van der Waals surface area contributed by atoms with Gasteiger partial charge in [-0.25, -0.2) is 4.98 Å². The molecule has 2 N–H and O–H groups in total. The summed E-state index contributed by atoms with van der Waals surface area (Å²) in [5.41, 5.74) is 11.2. The van der Waals surface area contributed by atoms with E-state index in [9.17, 15) is 0 Å². The number of aryl methyl sites for hydroxylation is 2. The van der Waals surface area contributed by atoms with E-state index in [0.717, 1.165) is 39.6 Å². The summed E-state index contributed by atoms with van der Waals surface area (Å²) in [7, 11) is 0. The van der Waals surface area contributed by atoms with Crippen LogP contribution in [0.25, 0.3) is 22.4 Å². The molecule has 0 spiro atoms. The minimum absolute atomic E-state index is 0.528. The van der Waals surface area contributed by atoms with Crippen LogP contribution in [0, 0.1) is 6.92 Å². The number of hydrogen-bond acceptors (Lipinski definition) is 2. The molecular weight excluding hydrogens is 282 g/mol. The summed E-state index contributed by atoms with van der Waals surface area (Å²) in [6.07, 6.45) is 0. The van der Waals surface area contributed by atoms with Gasteiger partial charge in [0.05, 0.1) is 11.0 Å². The van der Waals surface area contributed by atoms with Gasteiger partial charge in [-0.2, -0.15) is 0 Å². The minimum Gasteiger partial charge on any atom is -0.326 e. The van der Waals surface area contributed by atoms with Crippen molar-refractivity contribution < 1.29 is 0 Å². The SMILES string of the molecule is CCn1c(-c2cc(Cl)ccc2C)nc2cc(CN)ccc21. The Labute approximate surface area is 129 Å². The number of hydrogen-bond donors (Lipinski definition) is 1. The summed E-state index contributed by atoms with van der Waals surface area (Å²) in [6.45, 7) is 5.60. The lowest BCUT2D eigenvalue weighted by Gasteiger charge is -2.09. The van der Waals surface area contributed by atoms with Crippen LogP contribution in [0.15, 0.2) is 36.4 Å². The minimum atomic E-state index is 0.528. The molecule has 0 radical (unpaired) electrons. The zero-order valence-electron chi connectivity index (χ0n) is 12.2. The zero-order chi connectivity index (χ0) is 15.0. The standard InChI is InChI=1S/C17H18ClN3/c1-3-21-16-7-5-12(10-19)8-15(16)20-17(21)14-9-13(18)6-4-11(14)2/h4-9H,3,10,19H2,1-2H3. The van der Waals surface area contributed by atoms with E-state index >= 15 is 0 Å². The monoisotopic (exact) mass is 299 g/mol. The number of halogens is 1. The average Bonchev–Trinajstić information content (AvgIpc) is 2.86. The van der Waals surface area contributed by atoms with Crippen LogP contribution in [-0.4, -0.2) is 9.55 Å². The second-order valence-electron chi connectivity index (χ2n) is 5.17. The Morgan fingerprint density at radius 3 is 2.71 bits per heavy atom. The maximum Gasteiger partial charge on any atom is 0.141 e. The highest BCUT2D eigenvalue weighted by Crippen LogP contribution is 2.29. The summed E-state index contributed by atoms with van der Waals surface area (Å²) in [6, 6.07) is 12.1. The fraction of sp³-hybridized carbons (Fsp3) is 0.235. The summed E-state index contributed by atoms with van der Waals surface area (Å²) in [4.78, 5) is 4.81. The van der Waals surface area contributed by atoms with Crippen LogP contribution < -0.4 is 5.73 Å². The Hall–Kier alpha value is -1.84. The van der Waals surface area contributed by atoms with Gasteiger partial charge in [-0.3, -0.25) is 0 Å². The third-order valence-corrected chi connectivity index (χ3v) is 4.04. The van der Waals surface area contributed by atoms with Crippen molar-refractivity contribution in [2.24, 2.45) is 5.73 Å². The number of nitrogens with zero attached hydrogens (tertiary/aromatic N) is 2. The molecule has 1 aromatic heterocycles. The van der Waals surface area contributed by atoms with Crippen molar-refractivity contribution in [3.05, 3.63) is 52.5 Å². The van der Waals surface area contributed by atoms with Gasteiger partial charge in [0.1, 0.15) is 5.82 Å². The van der Waals surface area contributed by atoms with Gasteiger partial charge in [0.15, 0.2) is 0 Å². The number of nitrogens with two attached hydrogens (primary N) is 1. The van der Waals surface area contributed by atoms with E-state index in [2.05, 4.69) is 36.6 Å². The molecule has 0 fully saturated rings. The molecule has 0 saturated carbocycles. The van der Waals surface area contributed by atoms with Crippen molar-refractivity contribution in [1.82, 2.24) is 9.55 Å². The first-order chi connectivity index (χ1) is 10.1. The van der Waals surface area contributed by atoms with Crippen LogP contribution >= 0.6 is 11.6 Å². The van der Waals surface area contributed by atoms with E-state index < -0.39 is 0 Å². The molecule has 3 nitrogen and oxygen atoms in total. The van der Waals surface area contributed by atoms with E-state index in [1.54, 1.807) is 0 Å². The Morgan fingerprint density at radius 1 is 1.19 bits per heavy atom. The molecule has 4 heteroatoms. The fourth-order valence-corrected chi connectivity index (χ4v) is 2.84. The lowest BCUT2D eigenvalue weighted by molar-refractivity contribution is 0.795. The quantitative estimate of drug-likeness (QED) is 0.790. The highest BCUT2D eigenvalue weighted by atomic mass is 35.5.